The molecule has 1 N–H and O–H groups in total. The van der Waals surface area contributed by atoms with Crippen molar-refractivity contribution in [3.05, 3.63) is 80.3 Å². The Labute approximate surface area is 237 Å². The summed E-state index contributed by atoms with van der Waals surface area (Å²) in [6, 6.07) is 14.4. The molecule has 200 valence electrons. The van der Waals surface area contributed by atoms with Crippen LogP contribution >= 0.6 is 35.0 Å². The minimum absolute atomic E-state index is 0.00229. The van der Waals surface area contributed by atoms with Gasteiger partial charge in [-0.15, -0.1) is 0 Å². The van der Waals surface area contributed by atoms with Crippen molar-refractivity contribution in [3.8, 4) is 0 Å². The Bertz CT molecular complexity index is 1330. The number of likely N-dealkylation sites (tertiary alicyclic amines) is 1. The molecular formula is C29H31Cl2N3O3S. The van der Waals surface area contributed by atoms with Crippen LogP contribution in [0.4, 0.5) is 0 Å². The number of carboxylic acids is 1. The molecule has 0 radical (unpaired) electrons. The van der Waals surface area contributed by atoms with Crippen LogP contribution in [0.25, 0.3) is 0 Å². The molecule has 1 saturated heterocycles. The summed E-state index contributed by atoms with van der Waals surface area (Å²) in [4.78, 5) is 35.8. The fourth-order valence-corrected chi connectivity index (χ4v) is 7.62. The maximum atomic E-state index is 14.1. The highest BCUT2D eigenvalue weighted by Crippen LogP contribution is 2.56. The van der Waals surface area contributed by atoms with Crippen LogP contribution in [-0.2, 0) is 15.1 Å². The average Bonchev–Trinajstić information content (AvgIpc) is 3.54. The van der Waals surface area contributed by atoms with E-state index in [4.69, 9.17) is 28.2 Å². The second kappa shape index (κ2) is 10.2. The largest absolute Gasteiger partial charge is 0.480 e. The van der Waals surface area contributed by atoms with Crippen molar-refractivity contribution in [3.63, 3.8) is 0 Å². The molecule has 1 fully saturated rings. The smallest absolute Gasteiger partial charge is 0.326 e. The van der Waals surface area contributed by atoms with Gasteiger partial charge in [0.05, 0.1) is 6.04 Å². The number of fused-ring (bicyclic) bond motifs is 1. The molecule has 0 aromatic heterocycles. The number of halogens is 2. The summed E-state index contributed by atoms with van der Waals surface area (Å²) < 4.78 is 0. The number of amides is 1. The number of rotatable bonds is 6. The van der Waals surface area contributed by atoms with Crippen molar-refractivity contribution in [1.82, 2.24) is 9.80 Å². The fourth-order valence-electron chi connectivity index (χ4n) is 6.02. The third-order valence-corrected chi connectivity index (χ3v) is 9.42. The normalized spacial score (nSPS) is 26.8. The SMILES string of the molecule is CC[C@@H]1CC[C@@H](C(=O)O)N1C(=O)C1=C(C(C)C)N2C(=N[C@@](C)(c3ccc(Cl)cc3)[C@H]2c2ccc(Cl)cc2)S1. The van der Waals surface area contributed by atoms with Gasteiger partial charge in [0.25, 0.3) is 5.91 Å². The van der Waals surface area contributed by atoms with Crippen molar-refractivity contribution >= 4 is 52.0 Å². The molecule has 0 saturated carbocycles. The van der Waals surface area contributed by atoms with E-state index in [1.807, 2.05) is 55.5 Å². The van der Waals surface area contributed by atoms with E-state index < -0.39 is 17.6 Å². The Morgan fingerprint density at radius 1 is 1.08 bits per heavy atom. The van der Waals surface area contributed by atoms with Crippen LogP contribution in [-0.4, -0.2) is 44.0 Å². The second-order valence-electron chi connectivity index (χ2n) is 10.5. The third-order valence-electron chi connectivity index (χ3n) is 7.86. The van der Waals surface area contributed by atoms with E-state index >= 15 is 0 Å². The van der Waals surface area contributed by atoms with Crippen molar-refractivity contribution in [2.24, 2.45) is 10.9 Å². The van der Waals surface area contributed by atoms with Gasteiger partial charge in [0.2, 0.25) is 0 Å². The summed E-state index contributed by atoms with van der Waals surface area (Å²) in [6.07, 6.45) is 1.89. The van der Waals surface area contributed by atoms with Gasteiger partial charge in [-0.2, -0.15) is 0 Å². The van der Waals surface area contributed by atoms with Crippen LogP contribution in [0.1, 0.15) is 64.1 Å². The average molecular weight is 573 g/mol. The molecule has 4 atom stereocenters. The van der Waals surface area contributed by atoms with Crippen LogP contribution in [0.5, 0.6) is 0 Å². The Morgan fingerprint density at radius 3 is 2.24 bits per heavy atom. The molecule has 6 nitrogen and oxygen atoms in total. The van der Waals surface area contributed by atoms with Crippen molar-refractivity contribution < 1.29 is 14.7 Å². The number of benzene rings is 2. The van der Waals surface area contributed by atoms with E-state index in [2.05, 4.69) is 25.7 Å². The van der Waals surface area contributed by atoms with E-state index in [9.17, 15) is 14.7 Å². The predicted molar refractivity (Wildman–Crippen MR) is 153 cm³/mol. The molecule has 3 aliphatic rings. The molecule has 0 bridgehead atoms. The minimum atomic E-state index is -0.948. The lowest BCUT2D eigenvalue weighted by molar-refractivity contribution is -0.148. The number of aliphatic imine (C=N–C) groups is 1. The lowest BCUT2D eigenvalue weighted by Crippen LogP contribution is -2.45. The van der Waals surface area contributed by atoms with E-state index in [1.54, 1.807) is 4.90 Å². The maximum absolute atomic E-state index is 14.1. The molecular weight excluding hydrogens is 541 g/mol. The zero-order chi connectivity index (χ0) is 27.4. The zero-order valence-electron chi connectivity index (χ0n) is 21.8. The van der Waals surface area contributed by atoms with Crippen molar-refractivity contribution in [2.45, 2.75) is 70.6 Å². The second-order valence-corrected chi connectivity index (χ2v) is 12.4. The number of amidine groups is 1. The van der Waals surface area contributed by atoms with Gasteiger partial charge in [-0.3, -0.25) is 4.79 Å². The highest BCUT2D eigenvalue weighted by Gasteiger charge is 2.54. The number of allylic oxidation sites excluding steroid dienone is 1. The number of hydrogen-bond acceptors (Lipinski definition) is 5. The Balaban J connectivity index is 1.64. The quantitative estimate of drug-likeness (QED) is 0.400. The molecule has 2 aromatic carbocycles. The van der Waals surface area contributed by atoms with Crippen LogP contribution in [0.15, 0.2) is 64.1 Å². The molecule has 38 heavy (non-hydrogen) atoms. The zero-order valence-corrected chi connectivity index (χ0v) is 24.1. The lowest BCUT2D eigenvalue weighted by Gasteiger charge is -2.37. The van der Waals surface area contributed by atoms with Crippen LogP contribution in [0.2, 0.25) is 10.0 Å². The summed E-state index contributed by atoms with van der Waals surface area (Å²) in [5.74, 6) is -1.16. The number of carbonyl (C=O) groups is 2. The highest BCUT2D eigenvalue weighted by molar-refractivity contribution is 8.18. The predicted octanol–water partition coefficient (Wildman–Crippen LogP) is 7.09. The lowest BCUT2D eigenvalue weighted by atomic mass is 9.81. The van der Waals surface area contributed by atoms with Gasteiger partial charge in [-0.25, -0.2) is 9.79 Å². The maximum Gasteiger partial charge on any atom is 0.326 e. The van der Waals surface area contributed by atoms with Gasteiger partial charge >= 0.3 is 5.97 Å². The summed E-state index contributed by atoms with van der Waals surface area (Å²) in [5, 5.41) is 11.9. The first kappa shape index (κ1) is 27.1. The summed E-state index contributed by atoms with van der Waals surface area (Å²) >= 11 is 13.8. The molecule has 3 aliphatic heterocycles. The molecule has 0 unspecified atom stereocenters. The van der Waals surface area contributed by atoms with E-state index in [-0.39, 0.29) is 23.9 Å². The standard InChI is InChI=1S/C29H31Cl2N3O3S/c1-5-21-14-15-22(27(36)37)33(21)26(35)24-23(16(2)3)34-25(17-6-10-19(30)11-7-17)29(4,32-28(34)38-24)18-8-12-20(31)13-9-18/h6-13,16,21-22,25H,5,14-15H2,1-4H3,(H,36,37)/t21-,22+,25-,29+/m1/s1. The Kier molecular flexibility index (Phi) is 7.31. The van der Waals surface area contributed by atoms with Gasteiger partial charge in [0, 0.05) is 21.8 Å². The number of carboxylic acid groups (broad SMARTS) is 1. The summed E-state index contributed by atoms with van der Waals surface area (Å²) in [5.41, 5.74) is 2.26. The fraction of sp³-hybridized carbons (Fsp3) is 0.414. The number of carbonyl (C=O) groups excluding carboxylic acids is 1. The van der Waals surface area contributed by atoms with Crippen molar-refractivity contribution in [1.29, 1.82) is 0 Å². The summed E-state index contributed by atoms with van der Waals surface area (Å²) in [7, 11) is 0. The molecule has 3 heterocycles. The van der Waals surface area contributed by atoms with Gasteiger partial charge in [0.15, 0.2) is 5.17 Å². The Morgan fingerprint density at radius 2 is 1.68 bits per heavy atom. The van der Waals surface area contributed by atoms with Crippen LogP contribution < -0.4 is 0 Å². The van der Waals surface area contributed by atoms with Crippen LogP contribution in [0, 0.1) is 5.92 Å². The van der Waals surface area contributed by atoms with Gasteiger partial charge < -0.3 is 14.9 Å². The number of aliphatic carboxylic acids is 1. The molecule has 5 rings (SSSR count). The van der Waals surface area contributed by atoms with E-state index in [0.29, 0.717) is 27.8 Å². The van der Waals surface area contributed by atoms with E-state index in [1.165, 1.54) is 11.8 Å². The molecule has 0 aliphatic carbocycles. The number of thioether (sulfide) groups is 1. The van der Waals surface area contributed by atoms with Crippen LogP contribution in [0.3, 0.4) is 0 Å². The van der Waals surface area contributed by atoms with Gasteiger partial charge in [-0.1, -0.05) is 68.2 Å². The third kappa shape index (κ3) is 4.42. The number of nitrogens with zero attached hydrogens (tertiary/aromatic N) is 3. The van der Waals surface area contributed by atoms with Gasteiger partial charge in [-0.05, 0) is 79.3 Å². The first-order valence-corrected chi connectivity index (χ1v) is 14.5. The van der Waals surface area contributed by atoms with Crippen molar-refractivity contribution in [2.75, 3.05) is 0 Å². The molecule has 1 amide bonds. The number of hydrogen-bond donors (Lipinski definition) is 1. The monoisotopic (exact) mass is 571 g/mol. The topological polar surface area (TPSA) is 73.2 Å². The minimum Gasteiger partial charge on any atom is -0.480 e. The molecule has 9 heteroatoms. The first-order chi connectivity index (χ1) is 18.1. The van der Waals surface area contributed by atoms with Gasteiger partial charge in [0.1, 0.15) is 16.5 Å². The first-order valence-electron chi connectivity index (χ1n) is 12.9. The molecule has 0 spiro atoms. The Hall–Kier alpha value is -2.48. The van der Waals surface area contributed by atoms with E-state index in [0.717, 1.165) is 28.4 Å². The molecule has 2 aromatic rings. The summed E-state index contributed by atoms with van der Waals surface area (Å²) in [6.45, 7) is 8.25. The highest BCUT2D eigenvalue weighted by atomic mass is 35.5.